The van der Waals surface area contributed by atoms with Crippen LogP contribution in [0.2, 0.25) is 0 Å². The van der Waals surface area contributed by atoms with Gasteiger partial charge < -0.3 is 10.1 Å². The number of carbonyl (C=O) groups is 1. The molecular formula is C14H31NO2. The van der Waals surface area contributed by atoms with E-state index in [1.165, 1.54) is 0 Å². The van der Waals surface area contributed by atoms with Gasteiger partial charge in [0.05, 0.1) is 5.41 Å². The maximum absolute atomic E-state index is 11.9. The Morgan fingerprint density at radius 2 is 2.06 bits per heavy atom. The van der Waals surface area contributed by atoms with E-state index in [2.05, 4.69) is 12.2 Å². The van der Waals surface area contributed by atoms with E-state index in [1.54, 1.807) is 0 Å². The second-order valence-corrected chi connectivity index (χ2v) is 5.15. The van der Waals surface area contributed by atoms with Crippen LogP contribution in [0.5, 0.6) is 0 Å². The van der Waals surface area contributed by atoms with Crippen molar-refractivity contribution >= 4 is 5.97 Å². The molecule has 104 valence electrons. The minimum atomic E-state index is -0.343. The summed E-state index contributed by atoms with van der Waals surface area (Å²) in [6.45, 7) is 13.9. The maximum Gasteiger partial charge on any atom is 0.311 e. The van der Waals surface area contributed by atoms with Crippen LogP contribution in [0.15, 0.2) is 0 Å². The standard InChI is InChI=1S/C12H23NO2.C2H6.H2/c1-5-12(3,4)11(14)15-10-6-7-13-8-9(10)2;1-2;/h9-10,13H,5-8H2,1-4H3;1-2H3;1H/t9-,10-;;/m0../s1. The van der Waals surface area contributed by atoms with Crippen molar-refractivity contribution in [3.63, 3.8) is 0 Å². The van der Waals surface area contributed by atoms with Gasteiger partial charge in [0.2, 0.25) is 0 Å². The van der Waals surface area contributed by atoms with Crippen LogP contribution < -0.4 is 5.32 Å². The smallest absolute Gasteiger partial charge is 0.311 e. The summed E-state index contributed by atoms with van der Waals surface area (Å²) in [6, 6.07) is 0. The Labute approximate surface area is 108 Å². The molecule has 0 unspecified atom stereocenters. The SMILES string of the molecule is CC.CCC(C)(C)C(=O)O[C@H]1CCNC[C@@H]1C.[HH]. The monoisotopic (exact) mass is 245 g/mol. The lowest BCUT2D eigenvalue weighted by Gasteiger charge is -2.32. The Hall–Kier alpha value is -0.570. The molecule has 1 aliphatic heterocycles. The molecular weight excluding hydrogens is 214 g/mol. The molecule has 1 rings (SSSR count). The first-order chi connectivity index (χ1) is 7.97. The van der Waals surface area contributed by atoms with Crippen LogP contribution in [0.25, 0.3) is 0 Å². The van der Waals surface area contributed by atoms with Gasteiger partial charge in [-0.1, -0.05) is 27.7 Å². The van der Waals surface area contributed by atoms with Gasteiger partial charge in [0.15, 0.2) is 0 Å². The lowest BCUT2D eigenvalue weighted by atomic mass is 9.90. The first kappa shape index (κ1) is 16.4. The van der Waals surface area contributed by atoms with Crippen LogP contribution in [-0.2, 0) is 9.53 Å². The van der Waals surface area contributed by atoms with Gasteiger partial charge in [0.1, 0.15) is 6.10 Å². The molecule has 1 fully saturated rings. The van der Waals surface area contributed by atoms with Crippen molar-refractivity contribution in [2.75, 3.05) is 13.1 Å². The van der Waals surface area contributed by atoms with Gasteiger partial charge >= 0.3 is 5.97 Å². The summed E-state index contributed by atoms with van der Waals surface area (Å²) in [5.74, 6) is 0.374. The molecule has 0 bridgehead atoms. The fourth-order valence-electron chi connectivity index (χ4n) is 1.61. The summed E-state index contributed by atoms with van der Waals surface area (Å²) < 4.78 is 5.58. The summed E-state index contributed by atoms with van der Waals surface area (Å²) in [5.41, 5.74) is -0.343. The van der Waals surface area contributed by atoms with Gasteiger partial charge in [-0.3, -0.25) is 4.79 Å². The zero-order valence-electron chi connectivity index (χ0n) is 12.3. The van der Waals surface area contributed by atoms with E-state index in [4.69, 9.17) is 4.74 Å². The molecule has 0 saturated carbocycles. The van der Waals surface area contributed by atoms with E-state index in [1.807, 2.05) is 34.6 Å². The molecule has 1 aliphatic rings. The lowest BCUT2D eigenvalue weighted by Crippen LogP contribution is -2.42. The molecule has 0 aromatic carbocycles. The van der Waals surface area contributed by atoms with Gasteiger partial charge in [-0.15, -0.1) is 0 Å². The zero-order valence-corrected chi connectivity index (χ0v) is 12.3. The summed E-state index contributed by atoms with van der Waals surface area (Å²) in [5, 5.41) is 3.30. The molecule has 3 nitrogen and oxygen atoms in total. The number of ether oxygens (including phenoxy) is 1. The number of nitrogens with one attached hydrogen (secondary N) is 1. The van der Waals surface area contributed by atoms with E-state index < -0.39 is 0 Å². The van der Waals surface area contributed by atoms with Crippen molar-refractivity contribution in [3.8, 4) is 0 Å². The number of hydrogen-bond donors (Lipinski definition) is 1. The molecule has 1 heterocycles. The highest BCUT2D eigenvalue weighted by atomic mass is 16.5. The fourth-order valence-corrected chi connectivity index (χ4v) is 1.61. The van der Waals surface area contributed by atoms with E-state index >= 15 is 0 Å². The van der Waals surface area contributed by atoms with Gasteiger partial charge in [0, 0.05) is 13.9 Å². The van der Waals surface area contributed by atoms with Crippen LogP contribution in [0, 0.1) is 11.3 Å². The number of esters is 1. The Morgan fingerprint density at radius 1 is 1.47 bits per heavy atom. The Bertz CT molecular complexity index is 232. The van der Waals surface area contributed by atoms with Crippen LogP contribution in [0.1, 0.15) is 55.8 Å². The Morgan fingerprint density at radius 3 is 2.53 bits per heavy atom. The van der Waals surface area contributed by atoms with E-state index in [9.17, 15) is 4.79 Å². The molecule has 17 heavy (non-hydrogen) atoms. The third-order valence-corrected chi connectivity index (χ3v) is 3.40. The number of rotatable bonds is 3. The second kappa shape index (κ2) is 7.70. The predicted molar refractivity (Wildman–Crippen MR) is 74.1 cm³/mol. The third-order valence-electron chi connectivity index (χ3n) is 3.40. The van der Waals surface area contributed by atoms with Gasteiger partial charge in [-0.25, -0.2) is 0 Å². The minimum absolute atomic E-state index is 0. The van der Waals surface area contributed by atoms with Crippen molar-refractivity contribution in [1.82, 2.24) is 5.32 Å². The average Bonchev–Trinajstić information content (AvgIpc) is 2.34. The highest BCUT2D eigenvalue weighted by Crippen LogP contribution is 2.25. The number of carbonyl (C=O) groups excluding carboxylic acids is 1. The summed E-state index contributed by atoms with van der Waals surface area (Å²) in [6.07, 6.45) is 1.86. The van der Waals surface area contributed by atoms with E-state index in [0.717, 1.165) is 25.9 Å². The van der Waals surface area contributed by atoms with Crippen LogP contribution in [0.4, 0.5) is 0 Å². The average molecular weight is 245 g/mol. The molecule has 0 radical (unpaired) electrons. The Kier molecular flexibility index (Phi) is 7.44. The fraction of sp³-hybridized carbons (Fsp3) is 0.929. The molecule has 3 heteroatoms. The van der Waals surface area contributed by atoms with Crippen LogP contribution in [-0.4, -0.2) is 25.2 Å². The topological polar surface area (TPSA) is 38.3 Å². The highest BCUT2D eigenvalue weighted by Gasteiger charge is 2.32. The van der Waals surface area contributed by atoms with Crippen molar-refractivity contribution in [2.24, 2.45) is 11.3 Å². The molecule has 1 N–H and O–H groups in total. The second-order valence-electron chi connectivity index (χ2n) is 5.15. The molecule has 0 aliphatic carbocycles. The summed E-state index contributed by atoms with van der Waals surface area (Å²) in [4.78, 5) is 11.9. The van der Waals surface area contributed by atoms with Crippen LogP contribution in [0.3, 0.4) is 0 Å². The first-order valence-electron chi connectivity index (χ1n) is 6.89. The van der Waals surface area contributed by atoms with Crippen LogP contribution >= 0.6 is 0 Å². The van der Waals surface area contributed by atoms with Crippen molar-refractivity contribution in [3.05, 3.63) is 0 Å². The molecule has 0 aromatic heterocycles. The molecule has 0 amide bonds. The van der Waals surface area contributed by atoms with E-state index in [0.29, 0.717) is 5.92 Å². The maximum atomic E-state index is 11.9. The molecule has 0 aromatic rings. The quantitative estimate of drug-likeness (QED) is 0.776. The van der Waals surface area contributed by atoms with E-state index in [-0.39, 0.29) is 18.9 Å². The molecule has 1 saturated heterocycles. The van der Waals surface area contributed by atoms with Crippen molar-refractivity contribution in [2.45, 2.75) is 60.5 Å². The van der Waals surface area contributed by atoms with Gasteiger partial charge in [-0.05, 0) is 33.2 Å². The number of hydrogen-bond acceptors (Lipinski definition) is 3. The normalized spacial score (nSPS) is 24.6. The Balaban J connectivity index is 0. The predicted octanol–water partition coefficient (Wildman–Crippen LogP) is 3.24. The molecule has 0 spiro atoms. The third kappa shape index (κ3) is 5.07. The number of piperidine rings is 1. The summed E-state index contributed by atoms with van der Waals surface area (Å²) >= 11 is 0. The van der Waals surface area contributed by atoms with Crippen molar-refractivity contribution < 1.29 is 11.0 Å². The highest BCUT2D eigenvalue weighted by molar-refractivity contribution is 5.76. The minimum Gasteiger partial charge on any atom is -0.462 e. The lowest BCUT2D eigenvalue weighted by molar-refractivity contribution is -0.163. The largest absolute Gasteiger partial charge is 0.462 e. The molecule has 2 atom stereocenters. The zero-order chi connectivity index (χ0) is 13.5. The summed E-state index contributed by atoms with van der Waals surface area (Å²) in [7, 11) is 0. The van der Waals surface area contributed by atoms with Crippen molar-refractivity contribution in [1.29, 1.82) is 0 Å². The van der Waals surface area contributed by atoms with Gasteiger partial charge in [-0.2, -0.15) is 0 Å². The van der Waals surface area contributed by atoms with Gasteiger partial charge in [0.25, 0.3) is 0 Å². The first-order valence-corrected chi connectivity index (χ1v) is 6.89.